The molecule has 5 nitrogen and oxygen atoms in total. The molecule has 0 spiro atoms. The highest BCUT2D eigenvalue weighted by Gasteiger charge is 2.19. The summed E-state index contributed by atoms with van der Waals surface area (Å²) < 4.78 is 0. The first-order valence-electron chi connectivity index (χ1n) is 6.54. The van der Waals surface area contributed by atoms with Crippen molar-refractivity contribution in [3.05, 3.63) is 5.82 Å². The van der Waals surface area contributed by atoms with Gasteiger partial charge >= 0.3 is 0 Å². The van der Waals surface area contributed by atoms with Crippen molar-refractivity contribution in [2.24, 2.45) is 5.92 Å². The van der Waals surface area contributed by atoms with Gasteiger partial charge < -0.3 is 10.2 Å². The predicted molar refractivity (Wildman–Crippen MR) is 69.2 cm³/mol. The SMILES string of the molecule is CC(C)CCc1nc(N2CCN[C@@H](C)C2)n[nH]1. The lowest BCUT2D eigenvalue weighted by atomic mass is 10.1. The Morgan fingerprint density at radius 1 is 1.47 bits per heavy atom. The zero-order chi connectivity index (χ0) is 12.3. The van der Waals surface area contributed by atoms with Gasteiger partial charge in [0.25, 0.3) is 0 Å². The second-order valence-electron chi connectivity index (χ2n) is 5.32. The molecule has 0 saturated carbocycles. The summed E-state index contributed by atoms with van der Waals surface area (Å²) in [7, 11) is 0. The summed E-state index contributed by atoms with van der Waals surface area (Å²) in [5.74, 6) is 2.58. The topological polar surface area (TPSA) is 56.8 Å². The Labute approximate surface area is 103 Å². The van der Waals surface area contributed by atoms with Gasteiger partial charge in [-0.3, -0.25) is 5.10 Å². The van der Waals surface area contributed by atoms with Gasteiger partial charge in [-0.1, -0.05) is 13.8 Å². The first-order valence-corrected chi connectivity index (χ1v) is 6.54. The first kappa shape index (κ1) is 12.4. The van der Waals surface area contributed by atoms with E-state index < -0.39 is 0 Å². The van der Waals surface area contributed by atoms with Crippen LogP contribution in [0.3, 0.4) is 0 Å². The Balaban J connectivity index is 1.92. The maximum atomic E-state index is 4.57. The van der Waals surface area contributed by atoms with Crippen molar-refractivity contribution in [3.63, 3.8) is 0 Å². The summed E-state index contributed by atoms with van der Waals surface area (Å²) in [4.78, 5) is 6.82. The number of piperazine rings is 1. The van der Waals surface area contributed by atoms with Gasteiger partial charge in [0.05, 0.1) is 0 Å². The molecule has 96 valence electrons. The Morgan fingerprint density at radius 2 is 2.29 bits per heavy atom. The van der Waals surface area contributed by atoms with Gasteiger partial charge in [-0.25, -0.2) is 0 Å². The molecule has 17 heavy (non-hydrogen) atoms. The summed E-state index contributed by atoms with van der Waals surface area (Å²) in [6.45, 7) is 9.65. The summed E-state index contributed by atoms with van der Waals surface area (Å²) in [5, 5.41) is 10.8. The van der Waals surface area contributed by atoms with E-state index in [1.165, 1.54) is 0 Å². The van der Waals surface area contributed by atoms with Crippen LogP contribution in [0.1, 0.15) is 33.0 Å². The third-order valence-electron chi connectivity index (χ3n) is 3.13. The van der Waals surface area contributed by atoms with E-state index in [0.29, 0.717) is 12.0 Å². The summed E-state index contributed by atoms with van der Waals surface area (Å²) >= 11 is 0. The number of aromatic amines is 1. The number of rotatable bonds is 4. The highest BCUT2D eigenvalue weighted by atomic mass is 15.4. The maximum absolute atomic E-state index is 4.57. The van der Waals surface area contributed by atoms with E-state index in [9.17, 15) is 0 Å². The van der Waals surface area contributed by atoms with Gasteiger partial charge in [0.15, 0.2) is 0 Å². The molecule has 1 aromatic rings. The standard InChI is InChI=1S/C12H23N5/c1-9(2)4-5-11-14-12(16-15-11)17-7-6-13-10(3)8-17/h9-10,13H,4-8H2,1-3H3,(H,14,15,16)/t10-/m0/s1. The summed E-state index contributed by atoms with van der Waals surface area (Å²) in [6.07, 6.45) is 2.15. The lowest BCUT2D eigenvalue weighted by Gasteiger charge is -2.30. The zero-order valence-electron chi connectivity index (χ0n) is 11.0. The molecule has 1 fully saturated rings. The van der Waals surface area contributed by atoms with Crippen molar-refractivity contribution in [2.45, 2.75) is 39.7 Å². The molecule has 1 aliphatic rings. The van der Waals surface area contributed by atoms with Crippen LogP contribution in [0.25, 0.3) is 0 Å². The van der Waals surface area contributed by atoms with Crippen molar-refractivity contribution < 1.29 is 0 Å². The van der Waals surface area contributed by atoms with E-state index in [4.69, 9.17) is 0 Å². The second kappa shape index (κ2) is 5.49. The molecular formula is C12H23N5. The number of nitrogens with one attached hydrogen (secondary N) is 2. The van der Waals surface area contributed by atoms with Gasteiger partial charge in [-0.2, -0.15) is 4.98 Å². The highest BCUT2D eigenvalue weighted by Crippen LogP contribution is 2.12. The number of anilines is 1. The van der Waals surface area contributed by atoms with E-state index in [-0.39, 0.29) is 0 Å². The highest BCUT2D eigenvalue weighted by molar-refractivity contribution is 5.30. The Morgan fingerprint density at radius 3 is 3.00 bits per heavy atom. The van der Waals surface area contributed by atoms with Gasteiger partial charge in [-0.05, 0) is 19.3 Å². The van der Waals surface area contributed by atoms with Crippen LogP contribution in [0.2, 0.25) is 0 Å². The smallest absolute Gasteiger partial charge is 0.244 e. The fourth-order valence-electron chi connectivity index (χ4n) is 2.08. The lowest BCUT2D eigenvalue weighted by molar-refractivity contribution is 0.479. The van der Waals surface area contributed by atoms with E-state index in [2.05, 4.69) is 46.2 Å². The summed E-state index contributed by atoms with van der Waals surface area (Å²) in [6, 6.07) is 0.515. The van der Waals surface area contributed by atoms with E-state index >= 15 is 0 Å². The minimum atomic E-state index is 0.515. The monoisotopic (exact) mass is 237 g/mol. The predicted octanol–water partition coefficient (Wildman–Crippen LogP) is 1.19. The molecule has 0 radical (unpaired) electrons. The van der Waals surface area contributed by atoms with Crippen molar-refractivity contribution in [3.8, 4) is 0 Å². The molecule has 5 heteroatoms. The van der Waals surface area contributed by atoms with Crippen molar-refractivity contribution in [1.29, 1.82) is 0 Å². The fourth-order valence-corrected chi connectivity index (χ4v) is 2.08. The Bertz CT molecular complexity index is 346. The number of hydrogen-bond acceptors (Lipinski definition) is 4. The van der Waals surface area contributed by atoms with Gasteiger partial charge in [-0.15, -0.1) is 5.10 Å². The number of aromatic nitrogens is 3. The van der Waals surface area contributed by atoms with Crippen LogP contribution < -0.4 is 10.2 Å². The van der Waals surface area contributed by atoms with Crippen molar-refractivity contribution in [2.75, 3.05) is 24.5 Å². The van der Waals surface area contributed by atoms with Crippen LogP contribution in [-0.2, 0) is 6.42 Å². The Hall–Kier alpha value is -1.10. The maximum Gasteiger partial charge on any atom is 0.244 e. The van der Waals surface area contributed by atoms with E-state index in [0.717, 1.165) is 44.2 Å². The average Bonchev–Trinajstić information content (AvgIpc) is 2.75. The lowest BCUT2D eigenvalue weighted by Crippen LogP contribution is -2.49. The molecule has 1 aromatic heterocycles. The average molecular weight is 237 g/mol. The molecule has 0 amide bonds. The third kappa shape index (κ3) is 3.43. The van der Waals surface area contributed by atoms with Crippen LogP contribution in [0.4, 0.5) is 5.95 Å². The minimum absolute atomic E-state index is 0.515. The normalized spacial score (nSPS) is 21.2. The third-order valence-corrected chi connectivity index (χ3v) is 3.13. The Kier molecular flexibility index (Phi) is 3.99. The molecule has 0 aliphatic carbocycles. The molecule has 2 heterocycles. The quantitative estimate of drug-likeness (QED) is 0.826. The van der Waals surface area contributed by atoms with Crippen LogP contribution in [0.15, 0.2) is 0 Å². The molecule has 0 unspecified atom stereocenters. The number of aryl methyl sites for hydroxylation is 1. The van der Waals surface area contributed by atoms with E-state index in [1.807, 2.05) is 0 Å². The number of hydrogen-bond donors (Lipinski definition) is 2. The van der Waals surface area contributed by atoms with Crippen LogP contribution >= 0.6 is 0 Å². The molecule has 2 N–H and O–H groups in total. The molecule has 1 saturated heterocycles. The molecule has 1 atom stereocenters. The summed E-state index contributed by atoms with van der Waals surface area (Å²) in [5.41, 5.74) is 0. The van der Waals surface area contributed by atoms with Crippen LogP contribution in [-0.4, -0.2) is 40.9 Å². The zero-order valence-corrected chi connectivity index (χ0v) is 11.0. The minimum Gasteiger partial charge on any atom is -0.337 e. The molecule has 2 rings (SSSR count). The molecule has 0 aromatic carbocycles. The molecule has 1 aliphatic heterocycles. The number of H-pyrrole nitrogens is 1. The first-order chi connectivity index (χ1) is 8.15. The van der Waals surface area contributed by atoms with Crippen molar-refractivity contribution in [1.82, 2.24) is 20.5 Å². The number of nitrogens with zero attached hydrogens (tertiary/aromatic N) is 3. The fraction of sp³-hybridized carbons (Fsp3) is 0.833. The largest absolute Gasteiger partial charge is 0.337 e. The van der Waals surface area contributed by atoms with Crippen LogP contribution in [0.5, 0.6) is 0 Å². The molecular weight excluding hydrogens is 214 g/mol. The van der Waals surface area contributed by atoms with Crippen molar-refractivity contribution >= 4 is 5.95 Å². The molecule has 0 bridgehead atoms. The van der Waals surface area contributed by atoms with Crippen LogP contribution in [0, 0.1) is 5.92 Å². The van der Waals surface area contributed by atoms with Gasteiger partial charge in [0, 0.05) is 32.1 Å². The van der Waals surface area contributed by atoms with Gasteiger partial charge in [0.2, 0.25) is 5.95 Å². The van der Waals surface area contributed by atoms with Gasteiger partial charge in [0.1, 0.15) is 5.82 Å². The van der Waals surface area contributed by atoms with E-state index in [1.54, 1.807) is 0 Å². The second-order valence-corrected chi connectivity index (χ2v) is 5.32.